The average Bonchev–Trinajstić information content (AvgIpc) is 1.77. The summed E-state index contributed by atoms with van der Waals surface area (Å²) in [6.45, 7) is 3.27. The maximum absolute atomic E-state index is 2.25. The summed E-state index contributed by atoms with van der Waals surface area (Å²) in [5.74, 6) is 0. The summed E-state index contributed by atoms with van der Waals surface area (Å²) in [4.78, 5) is 1.45. The predicted octanol–water partition coefficient (Wildman–Crippen LogP) is -0.0253. The third-order valence-electron chi connectivity index (χ3n) is 1.38. The molecule has 1 unspecified atom stereocenters. The van der Waals surface area contributed by atoms with Crippen molar-refractivity contribution in [3.63, 3.8) is 0 Å². The zero-order valence-corrected chi connectivity index (χ0v) is 5.44. The first-order chi connectivity index (χ1) is 3.79. The summed E-state index contributed by atoms with van der Waals surface area (Å²) in [7, 11) is 2.15. The van der Waals surface area contributed by atoms with Crippen molar-refractivity contribution >= 4 is 0 Å². The highest BCUT2D eigenvalue weighted by molar-refractivity contribution is 5.15. The van der Waals surface area contributed by atoms with E-state index in [1.165, 1.54) is 10.5 Å². The Kier molecular flexibility index (Phi) is 1.49. The van der Waals surface area contributed by atoms with Crippen LogP contribution in [-0.2, 0) is 0 Å². The Hall–Kier alpha value is -0.560. The van der Waals surface area contributed by atoms with Gasteiger partial charge in [0.05, 0.1) is 13.2 Å². The second-order valence-electron chi connectivity index (χ2n) is 2.33. The number of rotatable bonds is 0. The van der Waals surface area contributed by atoms with Crippen LogP contribution in [0.15, 0.2) is 23.9 Å². The third kappa shape index (κ3) is 1.20. The van der Waals surface area contributed by atoms with Crippen LogP contribution in [0.25, 0.3) is 0 Å². The Morgan fingerprint density at radius 2 is 2.38 bits per heavy atom. The molecule has 1 aliphatic rings. The van der Waals surface area contributed by atoms with E-state index in [0.717, 1.165) is 6.54 Å². The van der Waals surface area contributed by atoms with E-state index in [1.54, 1.807) is 0 Å². The number of likely N-dealkylation sites (N-methyl/N-ethyl adjacent to an activating group) is 1. The second-order valence-corrected chi connectivity index (χ2v) is 2.33. The molecule has 0 spiro atoms. The standard InChI is InChI=1S/C7H11N/c1-7-3-5-8(2)6-4-7/h3-5H,6H2,1-2H3/p+1. The van der Waals surface area contributed by atoms with E-state index in [9.17, 15) is 0 Å². The molecule has 1 rings (SSSR count). The highest BCUT2D eigenvalue weighted by Gasteiger charge is 1.97. The normalized spacial score (nSPS) is 27.8. The van der Waals surface area contributed by atoms with Crippen LogP contribution in [0, 0.1) is 0 Å². The van der Waals surface area contributed by atoms with Gasteiger partial charge in [-0.1, -0.05) is 0 Å². The molecule has 44 valence electrons. The Bertz CT molecular complexity index is 133. The van der Waals surface area contributed by atoms with Gasteiger partial charge < -0.3 is 4.90 Å². The van der Waals surface area contributed by atoms with E-state index in [-0.39, 0.29) is 0 Å². The molecular formula is C7H12N+. The molecule has 0 bridgehead atoms. The summed E-state index contributed by atoms with van der Waals surface area (Å²) in [6.07, 6.45) is 6.57. The Labute approximate surface area is 50.3 Å². The molecule has 0 radical (unpaired) electrons. The minimum atomic E-state index is 1.14. The fourth-order valence-corrected chi connectivity index (χ4v) is 0.732. The van der Waals surface area contributed by atoms with Crippen LogP contribution in [0.4, 0.5) is 0 Å². The molecule has 0 aromatic carbocycles. The van der Waals surface area contributed by atoms with E-state index in [0.29, 0.717) is 0 Å². The second kappa shape index (κ2) is 2.14. The average molecular weight is 110 g/mol. The topological polar surface area (TPSA) is 4.44 Å². The highest BCUT2D eigenvalue weighted by Crippen LogP contribution is 1.92. The summed E-state index contributed by atoms with van der Waals surface area (Å²) < 4.78 is 0. The van der Waals surface area contributed by atoms with Crippen LogP contribution in [0.1, 0.15) is 6.92 Å². The molecule has 1 N–H and O–H groups in total. The number of allylic oxidation sites excluding steroid dienone is 2. The molecule has 0 saturated heterocycles. The van der Waals surface area contributed by atoms with Gasteiger partial charge in [0.25, 0.3) is 0 Å². The van der Waals surface area contributed by atoms with Gasteiger partial charge in [-0.15, -0.1) is 0 Å². The first-order valence-corrected chi connectivity index (χ1v) is 2.96. The SMILES string of the molecule is CC1=CC[NH+](C)C=C1. The van der Waals surface area contributed by atoms with Gasteiger partial charge in [0.1, 0.15) is 6.54 Å². The van der Waals surface area contributed by atoms with Crippen LogP contribution >= 0.6 is 0 Å². The summed E-state index contributed by atoms with van der Waals surface area (Å²) in [5, 5.41) is 0. The fraction of sp³-hybridized carbons (Fsp3) is 0.429. The minimum absolute atomic E-state index is 1.14. The maximum atomic E-state index is 2.25. The lowest BCUT2D eigenvalue weighted by Crippen LogP contribution is -3.04. The number of nitrogens with one attached hydrogen (secondary N) is 1. The van der Waals surface area contributed by atoms with Gasteiger partial charge in [-0.05, 0) is 24.6 Å². The molecule has 0 aromatic rings. The maximum Gasteiger partial charge on any atom is 0.100 e. The van der Waals surface area contributed by atoms with Crippen molar-refractivity contribution in [2.24, 2.45) is 0 Å². The summed E-state index contributed by atoms with van der Waals surface area (Å²) in [5.41, 5.74) is 1.38. The molecule has 0 aromatic heterocycles. The van der Waals surface area contributed by atoms with Crippen LogP contribution in [0.3, 0.4) is 0 Å². The van der Waals surface area contributed by atoms with E-state index < -0.39 is 0 Å². The molecule has 1 atom stereocenters. The van der Waals surface area contributed by atoms with Gasteiger partial charge in [0.2, 0.25) is 0 Å². The van der Waals surface area contributed by atoms with E-state index >= 15 is 0 Å². The van der Waals surface area contributed by atoms with Crippen molar-refractivity contribution in [1.29, 1.82) is 0 Å². The zero-order chi connectivity index (χ0) is 5.98. The monoisotopic (exact) mass is 110 g/mol. The van der Waals surface area contributed by atoms with Gasteiger partial charge in [0.15, 0.2) is 0 Å². The van der Waals surface area contributed by atoms with E-state index in [1.807, 2.05) is 0 Å². The summed E-state index contributed by atoms with van der Waals surface area (Å²) >= 11 is 0. The largest absolute Gasteiger partial charge is 0.308 e. The lowest BCUT2D eigenvalue weighted by Gasteiger charge is -2.08. The van der Waals surface area contributed by atoms with Crippen molar-refractivity contribution in [3.05, 3.63) is 23.9 Å². The predicted molar refractivity (Wildman–Crippen MR) is 34.7 cm³/mol. The first kappa shape index (κ1) is 5.57. The number of hydrogen-bond donors (Lipinski definition) is 1. The van der Waals surface area contributed by atoms with Crippen LogP contribution in [0.5, 0.6) is 0 Å². The quantitative estimate of drug-likeness (QED) is 0.447. The minimum Gasteiger partial charge on any atom is -0.308 e. The smallest absolute Gasteiger partial charge is 0.100 e. The Morgan fingerprint density at radius 3 is 2.75 bits per heavy atom. The van der Waals surface area contributed by atoms with Gasteiger partial charge in [-0.2, -0.15) is 0 Å². The van der Waals surface area contributed by atoms with Crippen LogP contribution < -0.4 is 4.90 Å². The lowest BCUT2D eigenvalue weighted by atomic mass is 10.2. The fourth-order valence-electron chi connectivity index (χ4n) is 0.732. The van der Waals surface area contributed by atoms with Crippen molar-refractivity contribution in [1.82, 2.24) is 0 Å². The van der Waals surface area contributed by atoms with Crippen LogP contribution in [-0.4, -0.2) is 13.6 Å². The lowest BCUT2D eigenvalue weighted by molar-refractivity contribution is -0.818. The van der Waals surface area contributed by atoms with Gasteiger partial charge in [-0.25, -0.2) is 0 Å². The first-order valence-electron chi connectivity index (χ1n) is 2.96. The molecular weight excluding hydrogens is 98.1 g/mol. The molecule has 0 aliphatic carbocycles. The van der Waals surface area contributed by atoms with Crippen molar-refractivity contribution in [3.8, 4) is 0 Å². The molecule has 1 heteroatoms. The van der Waals surface area contributed by atoms with Crippen molar-refractivity contribution in [2.45, 2.75) is 6.92 Å². The van der Waals surface area contributed by atoms with Crippen molar-refractivity contribution in [2.75, 3.05) is 13.6 Å². The van der Waals surface area contributed by atoms with Gasteiger partial charge >= 0.3 is 0 Å². The Balaban J connectivity index is 2.58. The van der Waals surface area contributed by atoms with Crippen LogP contribution in [0.2, 0.25) is 0 Å². The molecule has 0 fully saturated rings. The van der Waals surface area contributed by atoms with Gasteiger partial charge in [-0.3, -0.25) is 0 Å². The summed E-state index contributed by atoms with van der Waals surface area (Å²) in [6, 6.07) is 0. The zero-order valence-electron chi connectivity index (χ0n) is 5.44. The number of quaternary nitrogens is 1. The Morgan fingerprint density at radius 1 is 1.62 bits per heavy atom. The molecule has 1 heterocycles. The highest BCUT2D eigenvalue weighted by atomic mass is 15.1. The number of hydrogen-bond acceptors (Lipinski definition) is 0. The molecule has 0 saturated carbocycles. The molecule has 8 heavy (non-hydrogen) atoms. The molecule has 1 aliphatic heterocycles. The van der Waals surface area contributed by atoms with E-state index in [4.69, 9.17) is 0 Å². The molecule has 0 amide bonds. The van der Waals surface area contributed by atoms with Crippen molar-refractivity contribution < 1.29 is 4.90 Å². The molecule has 1 nitrogen and oxygen atoms in total. The van der Waals surface area contributed by atoms with E-state index in [2.05, 4.69) is 32.3 Å². The third-order valence-corrected chi connectivity index (χ3v) is 1.38. The van der Waals surface area contributed by atoms with Gasteiger partial charge in [0, 0.05) is 0 Å².